The number of carbonyl (C=O) groups excluding carboxylic acids is 3. The lowest BCUT2D eigenvalue weighted by atomic mass is 10.0. The lowest BCUT2D eigenvalue weighted by molar-refractivity contribution is -0.128. The van der Waals surface area contributed by atoms with Crippen LogP contribution in [0, 0.1) is 0 Å². The number of rotatable bonds is 5. The molecular formula is C22H20N6O4. The molecule has 2 aromatic heterocycles. The molecule has 0 saturated carbocycles. The number of H-pyrrole nitrogens is 2. The molecule has 1 atom stereocenters. The van der Waals surface area contributed by atoms with Gasteiger partial charge in [0, 0.05) is 35.8 Å². The van der Waals surface area contributed by atoms with Crippen LogP contribution in [0.2, 0.25) is 0 Å². The largest absolute Gasteiger partial charge is 0.361 e. The fourth-order valence-corrected chi connectivity index (χ4v) is 3.53. The molecule has 2 aromatic carbocycles. The number of carbonyl (C=O) groups is 3. The Balaban J connectivity index is 1.50. The average Bonchev–Trinajstić information content (AvgIpc) is 3.20. The second-order valence-corrected chi connectivity index (χ2v) is 7.21. The van der Waals surface area contributed by atoms with Gasteiger partial charge in [0.15, 0.2) is 5.69 Å². The molecule has 2 heterocycles. The van der Waals surface area contributed by atoms with E-state index in [0.717, 1.165) is 16.5 Å². The molecule has 0 saturated heterocycles. The summed E-state index contributed by atoms with van der Waals surface area (Å²) in [6.45, 7) is 1.31. The molecule has 5 N–H and O–H groups in total. The van der Waals surface area contributed by atoms with Crippen molar-refractivity contribution >= 4 is 39.4 Å². The van der Waals surface area contributed by atoms with Gasteiger partial charge in [0.2, 0.25) is 5.91 Å². The third-order valence-corrected chi connectivity index (χ3v) is 5.00. The maximum Gasteiger partial charge on any atom is 0.290 e. The summed E-state index contributed by atoms with van der Waals surface area (Å²) in [7, 11) is 0. The van der Waals surface area contributed by atoms with Gasteiger partial charge in [-0.25, -0.2) is 5.10 Å². The summed E-state index contributed by atoms with van der Waals surface area (Å²) < 4.78 is 0. The summed E-state index contributed by atoms with van der Waals surface area (Å²) in [5.74, 6) is -1.70. The molecule has 0 bridgehead atoms. The first kappa shape index (κ1) is 20.8. The minimum atomic E-state index is -0.924. The predicted octanol–water partition coefficient (Wildman–Crippen LogP) is 0.913. The van der Waals surface area contributed by atoms with Gasteiger partial charge in [-0.1, -0.05) is 36.4 Å². The van der Waals surface area contributed by atoms with Gasteiger partial charge in [-0.15, -0.1) is 0 Å². The molecule has 0 aliphatic carbocycles. The summed E-state index contributed by atoms with van der Waals surface area (Å²) in [5.41, 5.74) is 5.91. The Kier molecular flexibility index (Phi) is 5.67. The Morgan fingerprint density at radius 1 is 0.969 bits per heavy atom. The first-order valence-corrected chi connectivity index (χ1v) is 9.83. The van der Waals surface area contributed by atoms with E-state index in [1.54, 1.807) is 30.5 Å². The molecule has 162 valence electrons. The van der Waals surface area contributed by atoms with Gasteiger partial charge in [0.05, 0.1) is 5.39 Å². The first-order chi connectivity index (χ1) is 15.4. The summed E-state index contributed by atoms with van der Waals surface area (Å²) in [6.07, 6.45) is 1.99. The highest BCUT2D eigenvalue weighted by atomic mass is 16.2. The van der Waals surface area contributed by atoms with E-state index in [1.165, 1.54) is 6.92 Å². The van der Waals surface area contributed by atoms with Crippen molar-refractivity contribution in [3.8, 4) is 0 Å². The lowest BCUT2D eigenvalue weighted by Gasteiger charge is -2.18. The van der Waals surface area contributed by atoms with Gasteiger partial charge in [-0.3, -0.25) is 30.0 Å². The van der Waals surface area contributed by atoms with Crippen molar-refractivity contribution in [2.75, 3.05) is 0 Å². The van der Waals surface area contributed by atoms with Crippen molar-refractivity contribution in [1.82, 2.24) is 31.3 Å². The van der Waals surface area contributed by atoms with Gasteiger partial charge >= 0.3 is 0 Å². The van der Waals surface area contributed by atoms with Crippen LogP contribution in [0.1, 0.15) is 23.0 Å². The number of aromatic nitrogens is 3. The molecular weight excluding hydrogens is 412 g/mol. The zero-order valence-corrected chi connectivity index (χ0v) is 17.1. The highest BCUT2D eigenvalue weighted by Gasteiger charge is 2.23. The number of hydrogen-bond donors (Lipinski definition) is 5. The second-order valence-electron chi connectivity index (χ2n) is 7.21. The minimum absolute atomic E-state index is 0.0480. The molecule has 0 unspecified atom stereocenters. The molecule has 0 fully saturated rings. The van der Waals surface area contributed by atoms with Gasteiger partial charge in [-0.2, -0.15) is 5.10 Å². The topological polar surface area (TPSA) is 149 Å². The number of aromatic amines is 2. The van der Waals surface area contributed by atoms with Crippen molar-refractivity contribution < 1.29 is 14.4 Å². The van der Waals surface area contributed by atoms with Crippen LogP contribution >= 0.6 is 0 Å². The van der Waals surface area contributed by atoms with E-state index in [9.17, 15) is 19.2 Å². The fourth-order valence-electron chi connectivity index (χ4n) is 3.53. The molecule has 10 nitrogen and oxygen atoms in total. The third kappa shape index (κ3) is 4.19. The maximum absolute atomic E-state index is 12.8. The Labute approximate surface area is 181 Å². The quantitative estimate of drug-likeness (QED) is 0.297. The number of hydrazine groups is 1. The van der Waals surface area contributed by atoms with Crippen LogP contribution in [0.15, 0.2) is 59.5 Å². The fraction of sp³-hybridized carbons (Fsp3) is 0.136. The van der Waals surface area contributed by atoms with Gasteiger partial charge < -0.3 is 10.3 Å². The zero-order chi connectivity index (χ0) is 22.7. The summed E-state index contributed by atoms with van der Waals surface area (Å²) in [6, 6.07) is 13.2. The van der Waals surface area contributed by atoms with E-state index >= 15 is 0 Å². The number of nitrogens with one attached hydrogen (secondary N) is 5. The van der Waals surface area contributed by atoms with E-state index in [4.69, 9.17) is 0 Å². The van der Waals surface area contributed by atoms with Crippen LogP contribution in [0.4, 0.5) is 0 Å². The Morgan fingerprint density at radius 2 is 1.66 bits per heavy atom. The van der Waals surface area contributed by atoms with Crippen molar-refractivity contribution in [3.05, 3.63) is 76.3 Å². The van der Waals surface area contributed by atoms with Crippen molar-refractivity contribution in [1.29, 1.82) is 0 Å². The summed E-state index contributed by atoms with van der Waals surface area (Å²) in [5, 5.41) is 10.3. The van der Waals surface area contributed by atoms with E-state index in [1.807, 2.05) is 24.3 Å². The molecule has 4 aromatic rings. The summed E-state index contributed by atoms with van der Waals surface area (Å²) >= 11 is 0. The van der Waals surface area contributed by atoms with E-state index in [2.05, 4.69) is 31.3 Å². The Bertz CT molecular complexity index is 1390. The average molecular weight is 432 g/mol. The van der Waals surface area contributed by atoms with Crippen molar-refractivity contribution in [2.45, 2.75) is 19.4 Å². The van der Waals surface area contributed by atoms with Crippen LogP contribution in [0.5, 0.6) is 0 Å². The first-order valence-electron chi connectivity index (χ1n) is 9.83. The van der Waals surface area contributed by atoms with E-state index in [0.29, 0.717) is 10.8 Å². The Morgan fingerprint density at radius 3 is 2.41 bits per heavy atom. The van der Waals surface area contributed by atoms with Crippen LogP contribution < -0.4 is 21.7 Å². The SMILES string of the molecule is CC(=O)N[C@@H](Cc1c[nH]c2ccccc12)C(=O)NNC(=O)c1n[nH]c(=O)c2ccccc12. The molecule has 0 aliphatic heterocycles. The van der Waals surface area contributed by atoms with E-state index < -0.39 is 23.4 Å². The maximum atomic E-state index is 12.8. The number of fused-ring (bicyclic) bond motifs is 2. The number of hydrogen-bond acceptors (Lipinski definition) is 5. The molecule has 32 heavy (non-hydrogen) atoms. The highest BCUT2D eigenvalue weighted by molar-refractivity contribution is 6.05. The monoisotopic (exact) mass is 432 g/mol. The van der Waals surface area contributed by atoms with Crippen molar-refractivity contribution in [3.63, 3.8) is 0 Å². The van der Waals surface area contributed by atoms with Crippen LogP contribution in [0.3, 0.4) is 0 Å². The van der Waals surface area contributed by atoms with Gasteiger partial charge in [0.25, 0.3) is 17.4 Å². The molecule has 4 rings (SSSR count). The van der Waals surface area contributed by atoms with Crippen LogP contribution in [-0.2, 0) is 16.0 Å². The standard InChI is InChI=1S/C22H20N6O4/c1-12(29)24-18(10-13-11-23-17-9-5-4-6-14(13)17)21(31)27-28-22(32)19-15-7-2-3-8-16(15)20(30)26-25-19/h2-9,11,18,23H,10H2,1H3,(H,24,29)(H,26,30)(H,27,31)(H,28,32)/t18-/m0/s1. The molecule has 0 spiro atoms. The van der Waals surface area contributed by atoms with Crippen LogP contribution in [-0.4, -0.2) is 38.9 Å². The number of benzene rings is 2. The van der Waals surface area contributed by atoms with Crippen molar-refractivity contribution in [2.24, 2.45) is 0 Å². The lowest BCUT2D eigenvalue weighted by Crippen LogP contribution is -2.53. The second kappa shape index (κ2) is 8.72. The highest BCUT2D eigenvalue weighted by Crippen LogP contribution is 2.19. The predicted molar refractivity (Wildman–Crippen MR) is 118 cm³/mol. The molecule has 0 radical (unpaired) electrons. The third-order valence-electron chi connectivity index (χ3n) is 5.00. The van der Waals surface area contributed by atoms with Crippen LogP contribution in [0.25, 0.3) is 21.7 Å². The number of para-hydroxylation sites is 1. The smallest absolute Gasteiger partial charge is 0.290 e. The zero-order valence-electron chi connectivity index (χ0n) is 17.1. The molecule has 3 amide bonds. The minimum Gasteiger partial charge on any atom is -0.361 e. The Hall–Kier alpha value is -4.47. The summed E-state index contributed by atoms with van der Waals surface area (Å²) in [4.78, 5) is 52.1. The number of amides is 3. The normalized spacial score (nSPS) is 11.8. The van der Waals surface area contributed by atoms with Gasteiger partial charge in [-0.05, 0) is 17.7 Å². The van der Waals surface area contributed by atoms with Gasteiger partial charge in [0.1, 0.15) is 6.04 Å². The molecule has 0 aliphatic rings. The van der Waals surface area contributed by atoms with E-state index in [-0.39, 0.29) is 18.0 Å². The number of nitrogens with zero attached hydrogens (tertiary/aromatic N) is 1. The molecule has 10 heteroatoms.